The Labute approximate surface area is 238 Å². The first-order chi connectivity index (χ1) is 18.9. The van der Waals surface area contributed by atoms with Crippen molar-refractivity contribution in [1.82, 2.24) is 10.2 Å². The number of hydrogen-bond donors (Lipinski definition) is 4. The van der Waals surface area contributed by atoms with E-state index in [0.29, 0.717) is 26.1 Å². The summed E-state index contributed by atoms with van der Waals surface area (Å²) in [4.78, 5) is 25.8. The Morgan fingerprint density at radius 3 is 1.67 bits per heavy atom. The van der Waals surface area contributed by atoms with Crippen LogP contribution in [0.1, 0.15) is 123 Å². The second-order valence-electron chi connectivity index (χ2n) is 10.9. The number of carbonyl (C=O) groups excluding carboxylic acids is 2. The number of alkyl carbamates (subject to hydrolysis) is 1. The Morgan fingerprint density at radius 1 is 0.692 bits per heavy atom. The average Bonchev–Trinajstić information content (AvgIpc) is 2.94. The predicted molar refractivity (Wildman–Crippen MR) is 156 cm³/mol. The lowest BCUT2D eigenvalue weighted by atomic mass is 10.0. The van der Waals surface area contributed by atoms with Gasteiger partial charge in [-0.1, -0.05) is 110 Å². The van der Waals surface area contributed by atoms with E-state index in [1.54, 1.807) is 11.8 Å². The number of rotatable bonds is 27. The van der Waals surface area contributed by atoms with Crippen molar-refractivity contribution in [3.63, 3.8) is 0 Å². The fourth-order valence-electron chi connectivity index (χ4n) is 4.24. The van der Waals surface area contributed by atoms with Crippen molar-refractivity contribution < 1.29 is 34.4 Å². The summed E-state index contributed by atoms with van der Waals surface area (Å²) in [5.41, 5.74) is 0. The molecule has 4 N–H and O–H groups in total. The number of aliphatic hydroxyl groups is 3. The molecule has 0 heterocycles. The molecular formula is C30H60N2O7. The van der Waals surface area contributed by atoms with Gasteiger partial charge in [0.1, 0.15) is 12.7 Å². The van der Waals surface area contributed by atoms with Crippen molar-refractivity contribution in [3.05, 3.63) is 0 Å². The average molecular weight is 561 g/mol. The maximum Gasteiger partial charge on any atom is 0.409 e. The fourth-order valence-corrected chi connectivity index (χ4v) is 4.24. The van der Waals surface area contributed by atoms with Gasteiger partial charge in [0.25, 0.3) is 0 Å². The van der Waals surface area contributed by atoms with Crippen LogP contribution in [-0.2, 0) is 9.47 Å². The van der Waals surface area contributed by atoms with E-state index in [-0.39, 0.29) is 25.7 Å². The van der Waals surface area contributed by atoms with Crippen LogP contribution in [0.5, 0.6) is 0 Å². The van der Waals surface area contributed by atoms with Crippen molar-refractivity contribution in [2.24, 2.45) is 5.92 Å². The molecule has 0 aromatic rings. The molecule has 0 saturated carbocycles. The minimum absolute atomic E-state index is 0.0469. The van der Waals surface area contributed by atoms with Gasteiger partial charge in [-0.3, -0.25) is 0 Å². The summed E-state index contributed by atoms with van der Waals surface area (Å²) in [6.07, 6.45) is 18.9. The lowest BCUT2D eigenvalue weighted by molar-refractivity contribution is 0.0197. The van der Waals surface area contributed by atoms with Crippen LogP contribution in [-0.4, -0.2) is 84.6 Å². The first-order valence-electron chi connectivity index (χ1n) is 15.7. The first kappa shape index (κ1) is 37.4. The summed E-state index contributed by atoms with van der Waals surface area (Å²) in [6.45, 7) is 4.72. The number of ether oxygens (including phenoxy) is 2. The summed E-state index contributed by atoms with van der Waals surface area (Å²) in [5.74, 6) is -0.116. The molecular weight excluding hydrogens is 500 g/mol. The van der Waals surface area contributed by atoms with Crippen LogP contribution in [0.25, 0.3) is 0 Å². The van der Waals surface area contributed by atoms with Crippen LogP contribution in [0.15, 0.2) is 0 Å². The van der Waals surface area contributed by atoms with Gasteiger partial charge in [0, 0.05) is 32.2 Å². The van der Waals surface area contributed by atoms with Gasteiger partial charge in [-0.05, 0) is 12.8 Å². The molecule has 0 fully saturated rings. The van der Waals surface area contributed by atoms with E-state index in [4.69, 9.17) is 19.7 Å². The highest BCUT2D eigenvalue weighted by Gasteiger charge is 2.16. The molecule has 2 atom stereocenters. The number of unbranched alkanes of at least 4 members (excludes halogenated alkanes) is 15. The SMILES string of the molecule is CCCCCCCCCCCCCCCCCCN(CCCNC(=O)OCC(C)CO)C(=O)OCC(O)CO. The number of nitrogens with zero attached hydrogens (tertiary/aromatic N) is 1. The Bertz CT molecular complexity index is 565. The van der Waals surface area contributed by atoms with Gasteiger partial charge in [-0.15, -0.1) is 0 Å². The highest BCUT2D eigenvalue weighted by molar-refractivity contribution is 5.68. The Balaban J connectivity index is 3.98. The molecule has 9 heteroatoms. The van der Waals surface area contributed by atoms with E-state index in [2.05, 4.69) is 12.2 Å². The number of carbonyl (C=O) groups is 2. The molecule has 0 saturated heterocycles. The topological polar surface area (TPSA) is 129 Å². The Hall–Kier alpha value is -1.58. The maximum absolute atomic E-state index is 12.5. The second-order valence-corrected chi connectivity index (χ2v) is 10.9. The molecule has 0 spiro atoms. The van der Waals surface area contributed by atoms with E-state index in [0.717, 1.165) is 19.3 Å². The van der Waals surface area contributed by atoms with Gasteiger partial charge in [0.2, 0.25) is 0 Å². The van der Waals surface area contributed by atoms with Crippen LogP contribution in [0.2, 0.25) is 0 Å². The van der Waals surface area contributed by atoms with Crippen LogP contribution in [0.3, 0.4) is 0 Å². The molecule has 0 aromatic heterocycles. The van der Waals surface area contributed by atoms with Gasteiger partial charge < -0.3 is 35.0 Å². The largest absolute Gasteiger partial charge is 0.449 e. The molecule has 0 rings (SSSR count). The lowest BCUT2D eigenvalue weighted by Gasteiger charge is -2.23. The third-order valence-electron chi connectivity index (χ3n) is 6.83. The Kier molecular flexibility index (Phi) is 26.8. The van der Waals surface area contributed by atoms with Gasteiger partial charge >= 0.3 is 12.2 Å². The van der Waals surface area contributed by atoms with E-state index in [1.807, 2.05) is 0 Å². The van der Waals surface area contributed by atoms with Crippen LogP contribution >= 0.6 is 0 Å². The third kappa shape index (κ3) is 25.2. The number of amides is 2. The van der Waals surface area contributed by atoms with Crippen molar-refractivity contribution in [3.8, 4) is 0 Å². The van der Waals surface area contributed by atoms with Crippen molar-refractivity contribution in [2.75, 3.05) is 46.1 Å². The highest BCUT2D eigenvalue weighted by Crippen LogP contribution is 2.14. The van der Waals surface area contributed by atoms with Gasteiger partial charge in [-0.25, -0.2) is 9.59 Å². The van der Waals surface area contributed by atoms with Crippen LogP contribution < -0.4 is 5.32 Å². The summed E-state index contributed by atoms with van der Waals surface area (Å²) < 4.78 is 10.2. The smallest absolute Gasteiger partial charge is 0.409 e. The number of aliphatic hydroxyl groups excluding tert-OH is 3. The summed E-state index contributed by atoms with van der Waals surface area (Å²) >= 11 is 0. The van der Waals surface area contributed by atoms with E-state index in [9.17, 15) is 14.7 Å². The third-order valence-corrected chi connectivity index (χ3v) is 6.83. The molecule has 232 valence electrons. The van der Waals surface area contributed by atoms with Gasteiger partial charge in [0.05, 0.1) is 13.2 Å². The standard InChI is InChI=1S/C30H60N2O7/c1-3-4-5-6-7-8-9-10-11-12-13-14-15-16-17-18-21-32(30(37)39-26-28(35)24-34)22-19-20-31-29(36)38-25-27(2)23-33/h27-28,33-35H,3-26H2,1-2H3,(H,31,36). The molecule has 9 nitrogen and oxygen atoms in total. The molecule has 0 aromatic carbocycles. The minimum Gasteiger partial charge on any atom is -0.449 e. The summed E-state index contributed by atoms with van der Waals surface area (Å²) in [5, 5.41) is 30.1. The molecule has 0 bridgehead atoms. The van der Waals surface area contributed by atoms with Gasteiger partial charge in [-0.2, -0.15) is 0 Å². The zero-order valence-corrected chi connectivity index (χ0v) is 25.0. The monoisotopic (exact) mass is 560 g/mol. The van der Waals surface area contributed by atoms with Crippen molar-refractivity contribution >= 4 is 12.2 Å². The first-order valence-corrected chi connectivity index (χ1v) is 15.7. The number of hydrogen-bond acceptors (Lipinski definition) is 7. The van der Waals surface area contributed by atoms with E-state index in [1.165, 1.54) is 83.5 Å². The zero-order valence-electron chi connectivity index (χ0n) is 25.0. The quantitative estimate of drug-likeness (QED) is 0.0937. The van der Waals surface area contributed by atoms with Crippen LogP contribution in [0.4, 0.5) is 9.59 Å². The molecule has 39 heavy (non-hydrogen) atoms. The van der Waals surface area contributed by atoms with Crippen molar-refractivity contribution in [2.45, 2.75) is 129 Å². The zero-order chi connectivity index (χ0) is 29.0. The lowest BCUT2D eigenvalue weighted by Crippen LogP contribution is -2.37. The normalized spacial score (nSPS) is 12.6. The fraction of sp³-hybridized carbons (Fsp3) is 0.933. The maximum atomic E-state index is 12.5. The van der Waals surface area contributed by atoms with Gasteiger partial charge in [0.15, 0.2) is 0 Å². The predicted octanol–water partition coefficient (Wildman–Crippen LogP) is 5.78. The van der Waals surface area contributed by atoms with Crippen LogP contribution in [0, 0.1) is 5.92 Å². The summed E-state index contributed by atoms with van der Waals surface area (Å²) in [6, 6.07) is 0. The minimum atomic E-state index is -1.09. The van der Waals surface area contributed by atoms with E-state index < -0.39 is 24.9 Å². The summed E-state index contributed by atoms with van der Waals surface area (Å²) in [7, 11) is 0. The number of nitrogens with one attached hydrogen (secondary N) is 1. The molecule has 2 amide bonds. The molecule has 0 radical (unpaired) electrons. The molecule has 2 unspecified atom stereocenters. The van der Waals surface area contributed by atoms with E-state index >= 15 is 0 Å². The highest BCUT2D eigenvalue weighted by atomic mass is 16.6. The molecule has 0 aliphatic rings. The molecule has 0 aliphatic carbocycles. The molecule has 0 aliphatic heterocycles. The second kappa shape index (κ2) is 28.0. The Morgan fingerprint density at radius 2 is 1.18 bits per heavy atom. The van der Waals surface area contributed by atoms with Crippen molar-refractivity contribution in [1.29, 1.82) is 0 Å².